The Morgan fingerprint density at radius 1 is 1.08 bits per heavy atom. The van der Waals surface area contributed by atoms with Gasteiger partial charge in [-0.1, -0.05) is 48.5 Å². The van der Waals surface area contributed by atoms with E-state index in [0.717, 1.165) is 22.9 Å². The average Bonchev–Trinajstić information content (AvgIpc) is 3.22. The van der Waals surface area contributed by atoms with Crippen LogP contribution in [0.2, 0.25) is 5.02 Å². The molecule has 0 spiro atoms. The lowest BCUT2D eigenvalue weighted by Crippen LogP contribution is -2.07. The molecule has 3 aromatic rings. The van der Waals surface area contributed by atoms with E-state index < -0.39 is 28.6 Å². The number of halogens is 8. The van der Waals surface area contributed by atoms with Crippen LogP contribution in [0.15, 0.2) is 73.0 Å². The molecule has 0 saturated carbocycles. The molecule has 1 heterocycles. The lowest BCUT2D eigenvalue weighted by atomic mass is 9.89. The lowest BCUT2D eigenvalue weighted by molar-refractivity contribution is -0.141. The first kappa shape index (κ1) is 29.4. The Morgan fingerprint density at radius 3 is 2.37 bits per heavy atom. The summed E-state index contributed by atoms with van der Waals surface area (Å²) >= 11 is 11.5. The summed E-state index contributed by atoms with van der Waals surface area (Å²) < 4.78 is 87.8. The minimum atomic E-state index is -4.72. The lowest BCUT2D eigenvalue weighted by Gasteiger charge is -2.19. The van der Waals surface area contributed by atoms with Crippen LogP contribution in [0.25, 0.3) is 22.4 Å². The molecule has 3 nitrogen and oxygen atoms in total. The van der Waals surface area contributed by atoms with E-state index in [0.29, 0.717) is 28.0 Å². The highest BCUT2D eigenvalue weighted by Crippen LogP contribution is 2.41. The van der Waals surface area contributed by atoms with Crippen molar-refractivity contribution in [3.05, 3.63) is 100 Å². The highest BCUT2D eigenvalue weighted by Gasteiger charge is 2.36. The monoisotopic (exact) mass is 574 g/mol. The third kappa shape index (κ3) is 6.63. The van der Waals surface area contributed by atoms with Crippen molar-refractivity contribution in [3.8, 4) is 22.4 Å². The Kier molecular flexibility index (Phi) is 9.05. The van der Waals surface area contributed by atoms with Crippen LogP contribution in [0.1, 0.15) is 22.4 Å². The molecule has 0 radical (unpaired) electrons. The molecule has 0 saturated heterocycles. The number of aryl methyl sites for hydroxylation is 1. The Hall–Kier alpha value is -3.17. The molecule has 0 atom stereocenters. The zero-order valence-electron chi connectivity index (χ0n) is 20.2. The third-order valence-corrected chi connectivity index (χ3v) is 6.11. The molecule has 3 rings (SSSR count). The zero-order valence-corrected chi connectivity index (χ0v) is 21.7. The fourth-order valence-electron chi connectivity index (χ4n) is 3.91. The fourth-order valence-corrected chi connectivity index (χ4v) is 4.23. The second-order valence-electron chi connectivity index (χ2n) is 8.15. The third-order valence-electron chi connectivity index (χ3n) is 5.61. The number of benzene rings is 2. The second kappa shape index (κ2) is 11.7. The molecule has 0 aliphatic rings. The van der Waals surface area contributed by atoms with Gasteiger partial charge in [0.2, 0.25) is 0 Å². The quantitative estimate of drug-likeness (QED) is 0.116. The molecule has 1 aromatic heterocycles. The second-order valence-corrected chi connectivity index (χ2v) is 8.87. The van der Waals surface area contributed by atoms with Crippen molar-refractivity contribution in [2.45, 2.75) is 25.9 Å². The first-order chi connectivity index (χ1) is 17.8. The average molecular weight is 575 g/mol. The van der Waals surface area contributed by atoms with E-state index in [9.17, 15) is 26.3 Å². The van der Waals surface area contributed by atoms with Crippen molar-refractivity contribution in [3.63, 3.8) is 0 Å². The molecule has 0 aliphatic heterocycles. The zero-order chi connectivity index (χ0) is 28.3. The van der Waals surface area contributed by atoms with E-state index >= 15 is 0 Å². The van der Waals surface area contributed by atoms with Crippen LogP contribution >= 0.6 is 23.2 Å². The van der Waals surface area contributed by atoms with Gasteiger partial charge in [-0.3, -0.25) is 4.68 Å². The first-order valence-electron chi connectivity index (χ1n) is 11.1. The number of nitrogens with zero attached hydrogens (tertiary/aromatic N) is 2. The molecule has 11 heteroatoms. The fraction of sp³-hybridized carbons (Fsp3) is 0.222. The maximum absolute atomic E-state index is 13.7. The van der Waals surface area contributed by atoms with Crippen molar-refractivity contribution in [2.24, 2.45) is 7.05 Å². The molecule has 0 bridgehead atoms. The largest absolute Gasteiger partial charge is 0.489 e. The van der Waals surface area contributed by atoms with Crippen LogP contribution in [0.5, 0.6) is 0 Å². The number of aromatic nitrogens is 2. The highest BCUT2D eigenvalue weighted by atomic mass is 35.5. The smallest absolute Gasteiger partial charge is 0.435 e. The predicted octanol–water partition coefficient (Wildman–Crippen LogP) is 9.14. The van der Waals surface area contributed by atoms with Gasteiger partial charge in [-0.05, 0) is 59.5 Å². The van der Waals surface area contributed by atoms with Crippen molar-refractivity contribution >= 4 is 23.2 Å². The summed E-state index contributed by atoms with van der Waals surface area (Å²) in [4.78, 5) is 0. The Morgan fingerprint density at radius 2 is 1.79 bits per heavy atom. The molecular formula is C27H22Cl2F6N2O. The molecule has 0 amide bonds. The van der Waals surface area contributed by atoms with E-state index in [-0.39, 0.29) is 23.7 Å². The Bertz CT molecular complexity index is 1390. The molecule has 0 unspecified atom stereocenters. The van der Waals surface area contributed by atoms with Crippen LogP contribution in [0.4, 0.5) is 26.3 Å². The van der Waals surface area contributed by atoms with Crippen LogP contribution in [-0.4, -0.2) is 15.7 Å². The van der Waals surface area contributed by atoms with E-state index in [1.807, 2.05) is 0 Å². The Labute approximate surface area is 225 Å². The van der Waals surface area contributed by atoms with Crippen molar-refractivity contribution in [1.29, 1.82) is 0 Å². The van der Waals surface area contributed by atoms with Crippen molar-refractivity contribution < 1.29 is 31.1 Å². The summed E-state index contributed by atoms with van der Waals surface area (Å²) in [5, 5.41) is 3.08. The van der Waals surface area contributed by atoms with Crippen LogP contribution in [-0.2, 0) is 30.7 Å². The van der Waals surface area contributed by atoms with Crippen molar-refractivity contribution in [1.82, 2.24) is 9.78 Å². The van der Waals surface area contributed by atoms with Crippen LogP contribution in [0, 0.1) is 6.92 Å². The molecule has 38 heavy (non-hydrogen) atoms. The number of hydrogen-bond acceptors (Lipinski definition) is 2. The Balaban J connectivity index is 2.22. The maximum atomic E-state index is 13.7. The van der Waals surface area contributed by atoms with Crippen LogP contribution in [0.3, 0.4) is 0 Å². The van der Waals surface area contributed by atoms with Crippen molar-refractivity contribution in [2.75, 3.05) is 5.88 Å². The van der Waals surface area contributed by atoms with Gasteiger partial charge in [0.05, 0.1) is 16.3 Å². The summed E-state index contributed by atoms with van der Waals surface area (Å²) in [6.07, 6.45) is -3.04. The van der Waals surface area contributed by atoms with E-state index in [1.54, 1.807) is 37.3 Å². The minimum Gasteiger partial charge on any atom is -0.489 e. The van der Waals surface area contributed by atoms with Gasteiger partial charge in [-0.25, -0.2) is 0 Å². The van der Waals surface area contributed by atoms with Gasteiger partial charge >= 0.3 is 12.4 Å². The van der Waals surface area contributed by atoms with Gasteiger partial charge in [-0.2, -0.15) is 31.4 Å². The number of ether oxygens (including phenoxy) is 1. The first-order valence-corrected chi connectivity index (χ1v) is 12.0. The molecule has 0 fully saturated rings. The standard InChI is InChI=1S/C27H22Cl2F6N2O/c1-4-6-19(7-5-12-28)38-15-18-8-10-20(23-14-24(27(33,34)35)36-37(23)3)16(2)25(18)17-9-11-22(29)21(13-17)26(30,31)32/h4-11,13-14H,1,12,15H2,2-3H3/b7-5-,19-6+. The van der Waals surface area contributed by atoms with E-state index in [2.05, 4.69) is 11.7 Å². The molecular weight excluding hydrogens is 553 g/mol. The van der Waals surface area contributed by atoms with Gasteiger partial charge < -0.3 is 4.74 Å². The number of hydrogen-bond donors (Lipinski definition) is 0. The summed E-state index contributed by atoms with van der Waals surface area (Å²) in [5.74, 6) is 0.633. The number of allylic oxidation sites excluding steroid dienone is 4. The van der Waals surface area contributed by atoms with Gasteiger partial charge in [-0.15, -0.1) is 11.6 Å². The molecule has 0 aliphatic carbocycles. The van der Waals surface area contributed by atoms with E-state index in [1.165, 1.54) is 19.2 Å². The predicted molar refractivity (Wildman–Crippen MR) is 137 cm³/mol. The van der Waals surface area contributed by atoms with Gasteiger partial charge in [0.25, 0.3) is 0 Å². The van der Waals surface area contributed by atoms with E-state index in [4.69, 9.17) is 27.9 Å². The van der Waals surface area contributed by atoms with Crippen LogP contribution < -0.4 is 0 Å². The SMILES string of the molecule is C=C/C=C(\C=C/CCl)OCc1ccc(-c2cc(C(F)(F)F)nn2C)c(C)c1-c1ccc(Cl)c(C(F)(F)F)c1. The molecule has 0 N–H and O–H groups in total. The maximum Gasteiger partial charge on any atom is 0.435 e. The normalized spacial score (nSPS) is 12.8. The molecule has 2 aromatic carbocycles. The van der Waals surface area contributed by atoms with Gasteiger partial charge in [0.15, 0.2) is 5.69 Å². The topological polar surface area (TPSA) is 27.1 Å². The minimum absolute atomic E-state index is 0.0636. The van der Waals surface area contributed by atoms with Gasteiger partial charge in [0.1, 0.15) is 12.4 Å². The van der Waals surface area contributed by atoms with Gasteiger partial charge in [0, 0.05) is 18.5 Å². The summed E-state index contributed by atoms with van der Waals surface area (Å²) in [6.45, 7) is 5.18. The number of rotatable bonds is 8. The summed E-state index contributed by atoms with van der Waals surface area (Å²) in [7, 11) is 1.36. The molecule has 202 valence electrons. The summed E-state index contributed by atoms with van der Waals surface area (Å²) in [6, 6.07) is 7.54. The summed E-state index contributed by atoms with van der Waals surface area (Å²) in [5.41, 5.74) is -0.155. The number of alkyl halides is 7. The highest BCUT2D eigenvalue weighted by molar-refractivity contribution is 6.31.